The van der Waals surface area contributed by atoms with Crippen molar-refractivity contribution in [3.63, 3.8) is 0 Å². The molecule has 0 saturated carbocycles. The number of rotatable bonds is 2. The molecule has 0 fully saturated rings. The van der Waals surface area contributed by atoms with E-state index < -0.39 is 0 Å². The molecule has 2 rings (SSSR count). The largest absolute Gasteiger partial charge is 0.498 e. The molecule has 0 unspecified atom stereocenters. The van der Waals surface area contributed by atoms with E-state index >= 15 is 0 Å². The number of hydrogen-bond acceptors (Lipinski definition) is 2. The molecule has 2 heterocycles. The molecule has 0 aliphatic carbocycles. The molecule has 0 radical (unpaired) electrons. The highest BCUT2D eigenvalue weighted by Gasteiger charge is 2.31. The predicted molar refractivity (Wildman–Crippen MR) is 98.7 cm³/mol. The van der Waals surface area contributed by atoms with Gasteiger partial charge in [-0.05, 0) is 61.1 Å². The average molecular weight is 316 g/mol. The third-order valence-corrected chi connectivity index (χ3v) is 5.61. The van der Waals surface area contributed by atoms with Crippen molar-refractivity contribution in [2.75, 3.05) is 0 Å². The normalized spacial score (nSPS) is 27.1. The monoisotopic (exact) mass is 315 g/mol. The summed E-state index contributed by atoms with van der Waals surface area (Å²) in [5, 5.41) is 0. The first-order valence-electron chi connectivity index (χ1n) is 9.03. The Morgan fingerprint density at radius 2 is 1.61 bits per heavy atom. The number of allylic oxidation sites excluding steroid dienone is 1. The van der Waals surface area contributed by atoms with Crippen molar-refractivity contribution in [2.45, 2.75) is 80.3 Å². The van der Waals surface area contributed by atoms with Crippen molar-refractivity contribution in [1.82, 2.24) is 4.98 Å². The molecule has 1 aliphatic heterocycles. The van der Waals surface area contributed by atoms with Crippen LogP contribution in [0.25, 0.3) is 5.57 Å². The second-order valence-corrected chi connectivity index (χ2v) is 7.87. The lowest BCUT2D eigenvalue weighted by molar-refractivity contribution is 0.0974. The van der Waals surface area contributed by atoms with Gasteiger partial charge in [0.15, 0.2) is 0 Å². The highest BCUT2D eigenvalue weighted by atomic mass is 16.5. The van der Waals surface area contributed by atoms with Gasteiger partial charge in [-0.1, -0.05) is 41.5 Å². The zero-order chi connectivity index (χ0) is 17.5. The maximum absolute atomic E-state index is 6.11. The van der Waals surface area contributed by atoms with Gasteiger partial charge < -0.3 is 4.74 Å². The molecule has 1 aliphatic rings. The third kappa shape index (κ3) is 3.18. The van der Waals surface area contributed by atoms with Crippen LogP contribution >= 0.6 is 0 Å². The van der Waals surface area contributed by atoms with E-state index in [9.17, 15) is 0 Å². The lowest BCUT2D eigenvalue weighted by atomic mass is 9.76. The van der Waals surface area contributed by atoms with Crippen molar-refractivity contribution < 1.29 is 4.74 Å². The molecule has 2 heteroatoms. The van der Waals surface area contributed by atoms with E-state index in [4.69, 9.17) is 9.72 Å². The molecule has 0 N–H and O–H groups in total. The summed E-state index contributed by atoms with van der Waals surface area (Å²) in [5.41, 5.74) is 7.88. The molecular weight excluding hydrogens is 282 g/mol. The summed E-state index contributed by atoms with van der Waals surface area (Å²) in [6, 6.07) is 0. The summed E-state index contributed by atoms with van der Waals surface area (Å²) in [4.78, 5) is 4.97. The fourth-order valence-electron chi connectivity index (χ4n) is 3.59. The van der Waals surface area contributed by atoms with Crippen molar-refractivity contribution in [3.8, 4) is 0 Å². The number of pyridine rings is 1. The van der Waals surface area contributed by atoms with Gasteiger partial charge in [0, 0.05) is 11.3 Å². The molecule has 0 bridgehead atoms. The molecule has 1 aromatic rings. The molecule has 0 spiro atoms. The molecule has 0 amide bonds. The van der Waals surface area contributed by atoms with Crippen LogP contribution in [0.4, 0.5) is 0 Å². The Morgan fingerprint density at radius 1 is 1.00 bits per heavy atom. The summed E-state index contributed by atoms with van der Waals surface area (Å²) in [7, 11) is 0. The molecular formula is C21H33NO. The minimum atomic E-state index is 0.224. The molecule has 128 valence electrons. The first-order chi connectivity index (χ1) is 10.7. The van der Waals surface area contributed by atoms with Gasteiger partial charge in [-0.15, -0.1) is 0 Å². The zero-order valence-corrected chi connectivity index (χ0v) is 16.3. The number of hydrogen-bond donors (Lipinski definition) is 0. The fourth-order valence-corrected chi connectivity index (χ4v) is 3.59. The highest BCUT2D eigenvalue weighted by molar-refractivity contribution is 5.73. The average Bonchev–Trinajstić information content (AvgIpc) is 2.47. The third-order valence-electron chi connectivity index (χ3n) is 5.61. The van der Waals surface area contributed by atoms with Gasteiger partial charge in [-0.2, -0.15) is 0 Å². The first-order valence-corrected chi connectivity index (χ1v) is 9.03. The van der Waals surface area contributed by atoms with E-state index in [1.54, 1.807) is 0 Å². The SMILES string of the molecule is Cc1nc(C(C)C)c2c(c1C)[C@H](C)[C@H](C)[C@H](C)O/C=C\2C(C)C. The van der Waals surface area contributed by atoms with E-state index in [2.05, 4.69) is 62.3 Å². The quantitative estimate of drug-likeness (QED) is 0.670. The summed E-state index contributed by atoms with van der Waals surface area (Å²) >= 11 is 0. The van der Waals surface area contributed by atoms with E-state index in [1.165, 1.54) is 33.7 Å². The van der Waals surface area contributed by atoms with Crippen LogP contribution < -0.4 is 0 Å². The zero-order valence-electron chi connectivity index (χ0n) is 16.3. The number of nitrogens with zero attached hydrogens (tertiary/aromatic N) is 1. The fraction of sp³-hybridized carbons (Fsp3) is 0.667. The van der Waals surface area contributed by atoms with E-state index in [-0.39, 0.29) is 6.10 Å². The lowest BCUT2D eigenvalue weighted by Gasteiger charge is -2.34. The van der Waals surface area contributed by atoms with Crippen LogP contribution in [0.15, 0.2) is 6.26 Å². The van der Waals surface area contributed by atoms with Crippen LogP contribution in [0, 0.1) is 25.7 Å². The van der Waals surface area contributed by atoms with Crippen LogP contribution in [0.2, 0.25) is 0 Å². The van der Waals surface area contributed by atoms with Crippen LogP contribution in [-0.2, 0) is 4.74 Å². The van der Waals surface area contributed by atoms with E-state index in [0.717, 1.165) is 0 Å². The molecule has 2 nitrogen and oxygen atoms in total. The van der Waals surface area contributed by atoms with Gasteiger partial charge in [0.2, 0.25) is 0 Å². The predicted octanol–water partition coefficient (Wildman–Crippen LogP) is 5.98. The van der Waals surface area contributed by atoms with Crippen LogP contribution in [0.1, 0.15) is 88.4 Å². The highest BCUT2D eigenvalue weighted by Crippen LogP contribution is 2.42. The van der Waals surface area contributed by atoms with Gasteiger partial charge >= 0.3 is 0 Å². The van der Waals surface area contributed by atoms with Gasteiger partial charge in [0.1, 0.15) is 0 Å². The second kappa shape index (κ2) is 6.67. The second-order valence-electron chi connectivity index (χ2n) is 7.87. The summed E-state index contributed by atoms with van der Waals surface area (Å²) in [6.45, 7) is 20.2. The van der Waals surface area contributed by atoms with Gasteiger partial charge in [0.05, 0.1) is 18.1 Å². The van der Waals surface area contributed by atoms with Crippen LogP contribution in [0.5, 0.6) is 0 Å². The Bertz CT molecular complexity index is 613. The number of aromatic nitrogens is 1. The van der Waals surface area contributed by atoms with E-state index in [1.807, 2.05) is 6.26 Å². The van der Waals surface area contributed by atoms with Crippen LogP contribution in [-0.4, -0.2) is 11.1 Å². The van der Waals surface area contributed by atoms with Gasteiger partial charge in [-0.25, -0.2) is 0 Å². The summed E-state index contributed by atoms with van der Waals surface area (Å²) < 4.78 is 6.11. The minimum Gasteiger partial charge on any atom is -0.498 e. The maximum atomic E-state index is 6.11. The Hall–Kier alpha value is -1.31. The van der Waals surface area contributed by atoms with Gasteiger partial charge in [-0.3, -0.25) is 4.98 Å². The van der Waals surface area contributed by atoms with E-state index in [0.29, 0.717) is 23.7 Å². The lowest BCUT2D eigenvalue weighted by Crippen LogP contribution is -2.26. The molecule has 23 heavy (non-hydrogen) atoms. The standard InChI is InChI=1S/C21H33NO/c1-11(2)18-10-23-17(9)13(5)14(6)19-15(7)16(8)22-21(12(3)4)20(18)19/h10-14,17H,1-9H3/b18-10-/t13-,14+,17-/m0/s1. The van der Waals surface area contributed by atoms with Gasteiger partial charge in [0.25, 0.3) is 0 Å². The number of ether oxygens (including phenoxy) is 1. The Balaban J connectivity index is 2.88. The Morgan fingerprint density at radius 3 is 2.13 bits per heavy atom. The van der Waals surface area contributed by atoms with Crippen molar-refractivity contribution >= 4 is 5.57 Å². The van der Waals surface area contributed by atoms with Crippen molar-refractivity contribution in [3.05, 3.63) is 34.3 Å². The number of aryl methyl sites for hydroxylation is 1. The smallest absolute Gasteiger partial charge is 0.0981 e. The molecule has 1 aromatic heterocycles. The minimum absolute atomic E-state index is 0.224. The Labute approximate surface area is 142 Å². The van der Waals surface area contributed by atoms with Crippen LogP contribution in [0.3, 0.4) is 0 Å². The Kier molecular flexibility index (Phi) is 5.23. The number of fused-ring (bicyclic) bond motifs is 1. The first kappa shape index (κ1) is 18.0. The summed E-state index contributed by atoms with van der Waals surface area (Å²) in [6.07, 6.45) is 2.24. The molecule has 0 aromatic carbocycles. The van der Waals surface area contributed by atoms with Crippen molar-refractivity contribution in [1.29, 1.82) is 0 Å². The topological polar surface area (TPSA) is 22.1 Å². The summed E-state index contributed by atoms with van der Waals surface area (Å²) in [5.74, 6) is 1.76. The molecule has 3 atom stereocenters. The molecule has 0 saturated heterocycles. The van der Waals surface area contributed by atoms with Crippen molar-refractivity contribution in [2.24, 2.45) is 11.8 Å². The maximum Gasteiger partial charge on any atom is 0.0981 e.